The lowest BCUT2D eigenvalue weighted by atomic mass is 10.0. The van der Waals surface area contributed by atoms with Crippen molar-refractivity contribution in [1.82, 2.24) is 0 Å². The van der Waals surface area contributed by atoms with Crippen molar-refractivity contribution in [3.8, 4) is 0 Å². The molecule has 0 aromatic heterocycles. The molecule has 0 aromatic carbocycles. The number of hydrogen-bond donors (Lipinski definition) is 0. The highest BCUT2D eigenvalue weighted by molar-refractivity contribution is 4.81. The summed E-state index contributed by atoms with van der Waals surface area (Å²) >= 11 is 0. The number of unbranched alkanes of at least 4 members (excludes halogenated alkanes) is 1. The van der Waals surface area contributed by atoms with E-state index in [4.69, 9.17) is 9.47 Å². The van der Waals surface area contributed by atoms with E-state index < -0.39 is 0 Å². The maximum atomic E-state index is 5.92. The van der Waals surface area contributed by atoms with Gasteiger partial charge in [0.05, 0.1) is 12.2 Å². The number of hydrogen-bond acceptors (Lipinski definition) is 2. The molecular formula is C16H28O2. The third kappa shape index (κ3) is 4.89. The lowest BCUT2D eigenvalue weighted by molar-refractivity contribution is 0.0414. The lowest BCUT2D eigenvalue weighted by Crippen LogP contribution is -2.12. The quantitative estimate of drug-likeness (QED) is 0.609. The summed E-state index contributed by atoms with van der Waals surface area (Å²) in [5, 5.41) is 0. The zero-order valence-corrected chi connectivity index (χ0v) is 11.6. The van der Waals surface area contributed by atoms with Gasteiger partial charge < -0.3 is 9.47 Å². The summed E-state index contributed by atoms with van der Waals surface area (Å²) in [7, 11) is 0. The van der Waals surface area contributed by atoms with Crippen molar-refractivity contribution in [2.75, 3.05) is 13.2 Å². The van der Waals surface area contributed by atoms with Crippen molar-refractivity contribution in [3.05, 3.63) is 13.3 Å². The van der Waals surface area contributed by atoms with Crippen LogP contribution >= 0.6 is 0 Å². The van der Waals surface area contributed by atoms with Gasteiger partial charge in [0, 0.05) is 13.2 Å². The molecule has 18 heavy (non-hydrogen) atoms. The van der Waals surface area contributed by atoms with E-state index in [1.165, 1.54) is 44.9 Å². The summed E-state index contributed by atoms with van der Waals surface area (Å²) in [5.74, 6) is 0.833. The smallest absolute Gasteiger partial charge is 0.0578 e. The highest BCUT2D eigenvalue weighted by atomic mass is 16.5. The van der Waals surface area contributed by atoms with Crippen LogP contribution in [0.15, 0.2) is 0 Å². The first kappa shape index (κ1) is 14.3. The van der Waals surface area contributed by atoms with Crippen LogP contribution in [0, 0.1) is 19.3 Å². The molecule has 3 unspecified atom stereocenters. The van der Waals surface area contributed by atoms with Crippen molar-refractivity contribution in [2.45, 2.75) is 70.0 Å². The highest BCUT2D eigenvalue weighted by Gasteiger charge is 2.25. The molecule has 0 amide bonds. The van der Waals surface area contributed by atoms with Gasteiger partial charge >= 0.3 is 0 Å². The van der Waals surface area contributed by atoms with Gasteiger partial charge in [-0.05, 0) is 63.7 Å². The summed E-state index contributed by atoms with van der Waals surface area (Å²) in [4.78, 5) is 0. The molecule has 2 heteroatoms. The molecule has 2 aliphatic rings. The van der Waals surface area contributed by atoms with Crippen molar-refractivity contribution in [2.24, 2.45) is 5.92 Å². The Morgan fingerprint density at radius 2 is 1.94 bits per heavy atom. The molecule has 104 valence electrons. The van der Waals surface area contributed by atoms with Gasteiger partial charge in [-0.1, -0.05) is 13.3 Å². The maximum absolute atomic E-state index is 5.92. The van der Waals surface area contributed by atoms with Crippen LogP contribution in [-0.2, 0) is 9.47 Å². The fraction of sp³-hybridized carbons (Fsp3) is 0.875. The Balaban J connectivity index is 1.49. The predicted octanol–water partition coefficient (Wildman–Crippen LogP) is 3.95. The lowest BCUT2D eigenvalue weighted by Gasteiger charge is -2.14. The molecule has 2 saturated carbocycles. The molecule has 0 N–H and O–H groups in total. The minimum atomic E-state index is 0.515. The van der Waals surface area contributed by atoms with E-state index in [2.05, 4.69) is 13.3 Å². The van der Waals surface area contributed by atoms with Crippen LogP contribution < -0.4 is 0 Å². The zero-order chi connectivity index (χ0) is 12.6. The molecule has 2 aliphatic carbocycles. The normalized spacial score (nSPS) is 29.2. The fourth-order valence-electron chi connectivity index (χ4n) is 3.07. The van der Waals surface area contributed by atoms with Gasteiger partial charge in [-0.3, -0.25) is 0 Å². The molecule has 0 bridgehead atoms. The molecule has 2 fully saturated rings. The Bertz CT molecular complexity index is 211. The molecule has 2 radical (unpaired) electrons. The molecule has 0 aromatic rings. The van der Waals surface area contributed by atoms with E-state index in [0.29, 0.717) is 12.2 Å². The zero-order valence-electron chi connectivity index (χ0n) is 11.6. The summed E-state index contributed by atoms with van der Waals surface area (Å²) < 4.78 is 11.8. The van der Waals surface area contributed by atoms with Crippen LogP contribution in [0.2, 0.25) is 0 Å². The van der Waals surface area contributed by atoms with Crippen LogP contribution in [0.5, 0.6) is 0 Å². The van der Waals surface area contributed by atoms with E-state index >= 15 is 0 Å². The molecular weight excluding hydrogens is 224 g/mol. The molecule has 0 heterocycles. The third-order valence-corrected chi connectivity index (χ3v) is 4.24. The van der Waals surface area contributed by atoms with E-state index in [-0.39, 0.29) is 0 Å². The minimum Gasteiger partial charge on any atom is -0.378 e. The largest absolute Gasteiger partial charge is 0.378 e. The van der Waals surface area contributed by atoms with Crippen LogP contribution in [0.4, 0.5) is 0 Å². The van der Waals surface area contributed by atoms with Gasteiger partial charge in [-0.25, -0.2) is 0 Å². The third-order valence-electron chi connectivity index (χ3n) is 4.24. The van der Waals surface area contributed by atoms with Gasteiger partial charge in [-0.15, -0.1) is 0 Å². The monoisotopic (exact) mass is 252 g/mol. The van der Waals surface area contributed by atoms with Crippen molar-refractivity contribution in [1.29, 1.82) is 0 Å². The minimum absolute atomic E-state index is 0.515. The van der Waals surface area contributed by atoms with Crippen LogP contribution in [0.25, 0.3) is 0 Å². The molecule has 0 spiro atoms. The highest BCUT2D eigenvalue weighted by Crippen LogP contribution is 2.31. The SMILES string of the molecule is [CH2]CCCOC1CCC(CCOC2C[CH]CC2)C1. The van der Waals surface area contributed by atoms with Crippen molar-refractivity contribution < 1.29 is 9.47 Å². The average Bonchev–Trinajstić information content (AvgIpc) is 3.01. The van der Waals surface area contributed by atoms with Gasteiger partial charge in [0.25, 0.3) is 0 Å². The number of ether oxygens (including phenoxy) is 2. The molecule has 2 rings (SSSR count). The Morgan fingerprint density at radius 3 is 2.72 bits per heavy atom. The van der Waals surface area contributed by atoms with E-state index in [9.17, 15) is 0 Å². The first-order valence-electron chi connectivity index (χ1n) is 7.72. The topological polar surface area (TPSA) is 18.5 Å². The van der Waals surface area contributed by atoms with Crippen LogP contribution in [-0.4, -0.2) is 25.4 Å². The molecule has 0 saturated heterocycles. The van der Waals surface area contributed by atoms with Gasteiger partial charge in [0.15, 0.2) is 0 Å². The van der Waals surface area contributed by atoms with Crippen LogP contribution in [0.1, 0.15) is 57.8 Å². The second kappa shape index (κ2) is 8.16. The summed E-state index contributed by atoms with van der Waals surface area (Å²) in [6.07, 6.45) is 14.2. The van der Waals surface area contributed by atoms with E-state index in [0.717, 1.165) is 32.0 Å². The molecule has 0 aliphatic heterocycles. The van der Waals surface area contributed by atoms with Gasteiger partial charge in [0.1, 0.15) is 0 Å². The maximum Gasteiger partial charge on any atom is 0.0578 e. The summed E-state index contributed by atoms with van der Waals surface area (Å²) in [5.41, 5.74) is 0. The first-order chi connectivity index (χ1) is 8.88. The predicted molar refractivity (Wildman–Crippen MR) is 74.2 cm³/mol. The average molecular weight is 252 g/mol. The Labute approximate surface area is 112 Å². The van der Waals surface area contributed by atoms with Gasteiger partial charge in [0.2, 0.25) is 0 Å². The van der Waals surface area contributed by atoms with E-state index in [1.807, 2.05) is 0 Å². The van der Waals surface area contributed by atoms with Crippen LogP contribution in [0.3, 0.4) is 0 Å². The summed E-state index contributed by atoms with van der Waals surface area (Å²) in [6, 6.07) is 0. The fourth-order valence-corrected chi connectivity index (χ4v) is 3.07. The van der Waals surface area contributed by atoms with Crippen molar-refractivity contribution >= 4 is 0 Å². The Kier molecular flexibility index (Phi) is 6.50. The van der Waals surface area contributed by atoms with Gasteiger partial charge in [-0.2, -0.15) is 0 Å². The van der Waals surface area contributed by atoms with E-state index in [1.54, 1.807) is 0 Å². The second-order valence-corrected chi connectivity index (χ2v) is 5.76. The van der Waals surface area contributed by atoms with Crippen molar-refractivity contribution in [3.63, 3.8) is 0 Å². The standard InChI is InChI=1S/C16H28O2/c1-2-3-11-17-16-9-8-14(13-16)10-12-18-15-6-4-5-7-15/h4,14-16H,1-3,5-13H2. The molecule has 2 nitrogen and oxygen atoms in total. The molecule has 3 atom stereocenters. The second-order valence-electron chi connectivity index (χ2n) is 5.76. The number of rotatable bonds is 8. The Morgan fingerprint density at radius 1 is 1.06 bits per heavy atom. The summed E-state index contributed by atoms with van der Waals surface area (Å²) in [6.45, 7) is 5.70. The first-order valence-corrected chi connectivity index (χ1v) is 7.72. The Hall–Kier alpha value is -0.0800.